The number of nitrogens with one attached hydrogen (secondary N) is 1. The fraction of sp³-hybridized carbons (Fsp3) is 0.389. The quantitative estimate of drug-likeness (QED) is 0.887. The lowest BCUT2D eigenvalue weighted by Crippen LogP contribution is -2.48. The van der Waals surface area contributed by atoms with Crippen molar-refractivity contribution in [1.29, 1.82) is 0 Å². The van der Waals surface area contributed by atoms with Crippen LogP contribution in [0.15, 0.2) is 30.3 Å². The molecule has 1 aromatic heterocycles. The molecule has 3 rings (SSSR count). The smallest absolute Gasteiger partial charge is 0.353 e. The van der Waals surface area contributed by atoms with Gasteiger partial charge >= 0.3 is 6.18 Å². The van der Waals surface area contributed by atoms with Crippen LogP contribution in [-0.4, -0.2) is 47.0 Å². The van der Waals surface area contributed by atoms with Crippen LogP contribution in [0, 0.1) is 6.92 Å². The number of hydrogen-bond acceptors (Lipinski definition) is 5. The van der Waals surface area contributed by atoms with E-state index in [-0.39, 0.29) is 5.91 Å². The number of rotatable bonds is 3. The lowest BCUT2D eigenvalue weighted by atomic mass is 10.2. The van der Waals surface area contributed by atoms with Gasteiger partial charge in [-0.2, -0.15) is 13.2 Å². The predicted molar refractivity (Wildman–Crippen MR) is 96.0 cm³/mol. The number of aryl methyl sites for hydroxylation is 1. The van der Waals surface area contributed by atoms with Crippen LogP contribution in [0.3, 0.4) is 0 Å². The van der Waals surface area contributed by atoms with E-state index in [0.29, 0.717) is 49.3 Å². The number of carbonyl (C=O) groups is 1. The van der Waals surface area contributed by atoms with Crippen LogP contribution in [0.2, 0.25) is 0 Å². The minimum atomic E-state index is -4.40. The molecule has 9 heteroatoms. The number of alkyl halides is 3. The summed E-state index contributed by atoms with van der Waals surface area (Å²) in [4.78, 5) is 23.9. The zero-order chi connectivity index (χ0) is 19.6. The molecule has 1 fully saturated rings. The molecule has 0 atom stereocenters. The van der Waals surface area contributed by atoms with E-state index in [1.807, 2.05) is 4.90 Å². The Balaban J connectivity index is 1.77. The summed E-state index contributed by atoms with van der Waals surface area (Å²) in [7, 11) is 0. The fourth-order valence-corrected chi connectivity index (χ4v) is 2.95. The van der Waals surface area contributed by atoms with Gasteiger partial charge in [-0.15, -0.1) is 0 Å². The molecule has 1 N–H and O–H groups in total. The highest BCUT2D eigenvalue weighted by molar-refractivity contribution is 5.73. The van der Waals surface area contributed by atoms with Crippen LogP contribution >= 0.6 is 0 Å². The van der Waals surface area contributed by atoms with Gasteiger partial charge in [-0.3, -0.25) is 4.79 Å². The summed E-state index contributed by atoms with van der Waals surface area (Å²) in [6.45, 7) is 5.76. The Morgan fingerprint density at radius 3 is 2.44 bits per heavy atom. The molecule has 0 saturated carbocycles. The van der Waals surface area contributed by atoms with Crippen molar-refractivity contribution in [3.63, 3.8) is 0 Å². The molecule has 0 spiro atoms. The van der Waals surface area contributed by atoms with Gasteiger partial charge in [-0.05, 0) is 25.1 Å². The summed E-state index contributed by atoms with van der Waals surface area (Å²) in [5.41, 5.74) is -0.422. The van der Waals surface area contributed by atoms with Crippen molar-refractivity contribution in [3.8, 4) is 0 Å². The molecule has 27 heavy (non-hydrogen) atoms. The molecule has 1 aliphatic heterocycles. The maximum atomic E-state index is 12.9. The summed E-state index contributed by atoms with van der Waals surface area (Å²) in [6, 6.07) is 6.68. The second-order valence-corrected chi connectivity index (χ2v) is 6.36. The molecule has 1 saturated heterocycles. The molecule has 1 aromatic carbocycles. The minimum Gasteiger partial charge on any atom is -0.353 e. The average molecular weight is 379 g/mol. The molecule has 1 aliphatic rings. The van der Waals surface area contributed by atoms with Crippen LogP contribution in [0.4, 0.5) is 30.5 Å². The van der Waals surface area contributed by atoms with Crippen LogP contribution < -0.4 is 10.2 Å². The van der Waals surface area contributed by atoms with Gasteiger partial charge in [0, 0.05) is 44.9 Å². The third-order valence-electron chi connectivity index (χ3n) is 4.34. The Bertz CT molecular complexity index is 832. The van der Waals surface area contributed by atoms with Crippen LogP contribution in [-0.2, 0) is 11.0 Å². The SMILES string of the molecule is CC(=O)N1CCN(c2cc(Nc3cccc(C(F)(F)F)c3)nc(C)n2)CC1. The molecular formula is C18H20F3N5O. The van der Waals surface area contributed by atoms with Gasteiger partial charge in [0.25, 0.3) is 0 Å². The fourth-order valence-electron chi connectivity index (χ4n) is 2.95. The number of hydrogen-bond donors (Lipinski definition) is 1. The molecular weight excluding hydrogens is 359 g/mol. The topological polar surface area (TPSA) is 61.4 Å². The molecule has 6 nitrogen and oxygen atoms in total. The van der Waals surface area contributed by atoms with Gasteiger partial charge in [-0.1, -0.05) is 6.07 Å². The second-order valence-electron chi connectivity index (χ2n) is 6.36. The Labute approximate surface area is 155 Å². The van der Waals surface area contributed by atoms with E-state index in [1.165, 1.54) is 6.07 Å². The monoisotopic (exact) mass is 379 g/mol. The summed E-state index contributed by atoms with van der Waals surface area (Å²) in [6.07, 6.45) is -4.40. The van der Waals surface area contributed by atoms with Crippen molar-refractivity contribution in [2.24, 2.45) is 0 Å². The number of anilines is 3. The Morgan fingerprint density at radius 2 is 1.81 bits per heavy atom. The normalized spacial score (nSPS) is 15.0. The highest BCUT2D eigenvalue weighted by atomic mass is 19.4. The van der Waals surface area contributed by atoms with Crippen molar-refractivity contribution in [2.45, 2.75) is 20.0 Å². The summed E-state index contributed by atoms with van der Waals surface area (Å²) >= 11 is 0. The van der Waals surface area contributed by atoms with Gasteiger partial charge in [0.05, 0.1) is 5.56 Å². The summed E-state index contributed by atoms with van der Waals surface area (Å²) in [5.74, 6) is 1.65. The number of benzene rings is 1. The van der Waals surface area contributed by atoms with E-state index in [2.05, 4.69) is 15.3 Å². The van der Waals surface area contributed by atoms with E-state index in [9.17, 15) is 18.0 Å². The van der Waals surface area contributed by atoms with Crippen molar-refractivity contribution in [2.75, 3.05) is 36.4 Å². The standard InChI is InChI=1S/C18H20F3N5O/c1-12-22-16(24-15-5-3-4-14(10-15)18(19,20)21)11-17(23-12)26-8-6-25(7-9-26)13(2)27/h3-5,10-11H,6-9H2,1-2H3,(H,22,23,24). The van der Waals surface area contributed by atoms with Gasteiger partial charge in [0.1, 0.15) is 17.5 Å². The van der Waals surface area contributed by atoms with E-state index in [4.69, 9.17) is 0 Å². The number of piperazine rings is 1. The van der Waals surface area contributed by atoms with E-state index < -0.39 is 11.7 Å². The van der Waals surface area contributed by atoms with Gasteiger partial charge in [-0.25, -0.2) is 9.97 Å². The minimum absolute atomic E-state index is 0.0421. The number of carbonyl (C=O) groups excluding carboxylic acids is 1. The number of aromatic nitrogens is 2. The van der Waals surface area contributed by atoms with Crippen molar-refractivity contribution >= 4 is 23.2 Å². The van der Waals surface area contributed by atoms with Crippen LogP contribution in [0.25, 0.3) is 0 Å². The van der Waals surface area contributed by atoms with Crippen molar-refractivity contribution < 1.29 is 18.0 Å². The molecule has 0 unspecified atom stereocenters. The first kappa shape index (κ1) is 18.9. The molecule has 0 bridgehead atoms. The Hall–Kier alpha value is -2.84. The van der Waals surface area contributed by atoms with Gasteiger partial charge in [0.2, 0.25) is 5.91 Å². The molecule has 144 valence electrons. The number of amides is 1. The summed E-state index contributed by atoms with van der Waals surface area (Å²) < 4.78 is 38.6. The molecule has 2 aromatic rings. The average Bonchev–Trinajstić information content (AvgIpc) is 2.61. The van der Waals surface area contributed by atoms with E-state index >= 15 is 0 Å². The zero-order valence-electron chi connectivity index (χ0n) is 15.0. The van der Waals surface area contributed by atoms with Gasteiger partial charge in [0.15, 0.2) is 0 Å². The van der Waals surface area contributed by atoms with Crippen molar-refractivity contribution in [1.82, 2.24) is 14.9 Å². The molecule has 0 radical (unpaired) electrons. The van der Waals surface area contributed by atoms with Gasteiger partial charge < -0.3 is 15.1 Å². The lowest BCUT2D eigenvalue weighted by Gasteiger charge is -2.35. The molecule has 2 heterocycles. The van der Waals surface area contributed by atoms with Crippen LogP contribution in [0.1, 0.15) is 18.3 Å². The second kappa shape index (κ2) is 7.42. The van der Waals surface area contributed by atoms with E-state index in [1.54, 1.807) is 30.9 Å². The lowest BCUT2D eigenvalue weighted by molar-refractivity contribution is -0.137. The Morgan fingerprint density at radius 1 is 1.11 bits per heavy atom. The predicted octanol–water partition coefficient (Wildman–Crippen LogP) is 3.22. The Kier molecular flexibility index (Phi) is 5.20. The first-order valence-corrected chi connectivity index (χ1v) is 8.53. The molecule has 0 aliphatic carbocycles. The maximum absolute atomic E-state index is 12.9. The van der Waals surface area contributed by atoms with Crippen molar-refractivity contribution in [3.05, 3.63) is 41.7 Å². The first-order chi connectivity index (χ1) is 12.7. The number of halogens is 3. The van der Waals surface area contributed by atoms with Crippen LogP contribution in [0.5, 0.6) is 0 Å². The zero-order valence-corrected chi connectivity index (χ0v) is 15.0. The maximum Gasteiger partial charge on any atom is 0.416 e. The third-order valence-corrected chi connectivity index (χ3v) is 4.34. The number of nitrogens with zero attached hydrogens (tertiary/aromatic N) is 4. The highest BCUT2D eigenvalue weighted by Crippen LogP contribution is 2.31. The van der Waals surface area contributed by atoms with E-state index in [0.717, 1.165) is 12.1 Å². The third kappa shape index (κ3) is 4.66. The highest BCUT2D eigenvalue weighted by Gasteiger charge is 2.30. The summed E-state index contributed by atoms with van der Waals surface area (Å²) in [5, 5.41) is 2.92. The largest absolute Gasteiger partial charge is 0.416 e. The first-order valence-electron chi connectivity index (χ1n) is 8.53. The molecule has 1 amide bonds.